The summed E-state index contributed by atoms with van der Waals surface area (Å²) >= 11 is 5.71. The van der Waals surface area contributed by atoms with Crippen molar-refractivity contribution in [1.82, 2.24) is 14.2 Å². The first-order valence-electron chi connectivity index (χ1n) is 7.27. The van der Waals surface area contributed by atoms with E-state index in [2.05, 4.69) is 16.8 Å². The number of piperidine rings is 1. The minimum atomic E-state index is -3.49. The van der Waals surface area contributed by atoms with Gasteiger partial charge in [-0.1, -0.05) is 18.5 Å². The maximum absolute atomic E-state index is 12.6. The second-order valence-corrected chi connectivity index (χ2v) is 7.80. The van der Waals surface area contributed by atoms with Crippen LogP contribution in [0.25, 0.3) is 0 Å². The third-order valence-electron chi connectivity index (χ3n) is 3.99. The van der Waals surface area contributed by atoms with Crippen molar-refractivity contribution in [1.29, 1.82) is 0 Å². The molecule has 2 heterocycles. The minimum absolute atomic E-state index is 0.0544. The van der Waals surface area contributed by atoms with E-state index in [1.807, 2.05) is 0 Å². The lowest BCUT2D eigenvalue weighted by molar-refractivity contribution is 0.170. The summed E-state index contributed by atoms with van der Waals surface area (Å²) in [4.78, 5) is 6.45. The molecule has 0 amide bonds. The molecule has 0 aliphatic carbocycles. The van der Waals surface area contributed by atoms with E-state index in [1.165, 1.54) is 22.6 Å². The standard InChI is InChI=1S/C14H22ClN3O2S/c1-3-8-18-9-6-12(7-10-18)17(2)21(19,20)13-4-5-14(15)16-11-13/h4-5,11-12H,3,6-10H2,1-2H3. The summed E-state index contributed by atoms with van der Waals surface area (Å²) in [6, 6.07) is 3.07. The van der Waals surface area contributed by atoms with E-state index in [1.54, 1.807) is 7.05 Å². The van der Waals surface area contributed by atoms with Crippen molar-refractivity contribution < 1.29 is 8.42 Å². The highest BCUT2D eigenvalue weighted by atomic mass is 35.5. The Morgan fingerprint density at radius 3 is 2.57 bits per heavy atom. The molecule has 0 saturated carbocycles. The number of halogens is 1. The van der Waals surface area contributed by atoms with Crippen LogP contribution in [0.1, 0.15) is 26.2 Å². The van der Waals surface area contributed by atoms with E-state index in [9.17, 15) is 8.42 Å². The molecule has 1 aliphatic heterocycles. The predicted octanol–water partition coefficient (Wildman–Crippen LogP) is 2.23. The van der Waals surface area contributed by atoms with Crippen LogP contribution in [-0.4, -0.2) is 55.3 Å². The number of aromatic nitrogens is 1. The average molecular weight is 332 g/mol. The molecule has 1 saturated heterocycles. The summed E-state index contributed by atoms with van der Waals surface area (Å²) in [6.45, 7) is 5.16. The van der Waals surface area contributed by atoms with E-state index >= 15 is 0 Å². The summed E-state index contributed by atoms with van der Waals surface area (Å²) in [6.07, 6.45) is 4.20. The van der Waals surface area contributed by atoms with Gasteiger partial charge in [0.1, 0.15) is 10.0 Å². The van der Waals surface area contributed by atoms with Gasteiger partial charge in [-0.05, 0) is 51.0 Å². The van der Waals surface area contributed by atoms with Crippen molar-refractivity contribution in [3.8, 4) is 0 Å². The highest BCUT2D eigenvalue weighted by Crippen LogP contribution is 2.23. The summed E-state index contributed by atoms with van der Waals surface area (Å²) in [5.41, 5.74) is 0. The number of sulfonamides is 1. The number of hydrogen-bond acceptors (Lipinski definition) is 4. The second kappa shape index (κ2) is 7.05. The molecule has 118 valence electrons. The van der Waals surface area contributed by atoms with Crippen LogP contribution in [0.5, 0.6) is 0 Å². The molecule has 1 aromatic heterocycles. The first-order valence-corrected chi connectivity index (χ1v) is 9.09. The first kappa shape index (κ1) is 16.7. The van der Waals surface area contributed by atoms with Gasteiger partial charge in [-0.3, -0.25) is 0 Å². The van der Waals surface area contributed by atoms with E-state index in [0.717, 1.165) is 38.9 Å². The maximum Gasteiger partial charge on any atom is 0.244 e. The Kier molecular flexibility index (Phi) is 5.60. The molecule has 0 aromatic carbocycles. The van der Waals surface area contributed by atoms with E-state index in [0.29, 0.717) is 5.15 Å². The minimum Gasteiger partial charge on any atom is -0.303 e. The van der Waals surface area contributed by atoms with Gasteiger partial charge < -0.3 is 4.90 Å². The van der Waals surface area contributed by atoms with Crippen LogP contribution in [-0.2, 0) is 10.0 Å². The second-order valence-electron chi connectivity index (χ2n) is 5.41. The Bertz CT molecular complexity index is 554. The highest BCUT2D eigenvalue weighted by molar-refractivity contribution is 7.89. The fourth-order valence-electron chi connectivity index (χ4n) is 2.70. The number of rotatable bonds is 5. The smallest absolute Gasteiger partial charge is 0.244 e. The summed E-state index contributed by atoms with van der Waals surface area (Å²) < 4.78 is 26.6. The van der Waals surface area contributed by atoms with Gasteiger partial charge in [0.25, 0.3) is 0 Å². The Morgan fingerprint density at radius 2 is 2.05 bits per heavy atom. The van der Waals surface area contributed by atoms with Gasteiger partial charge in [0.05, 0.1) is 0 Å². The van der Waals surface area contributed by atoms with Gasteiger partial charge in [-0.2, -0.15) is 4.31 Å². The van der Waals surface area contributed by atoms with Gasteiger partial charge in [0.15, 0.2) is 0 Å². The monoisotopic (exact) mass is 331 g/mol. The van der Waals surface area contributed by atoms with Gasteiger partial charge in [-0.15, -0.1) is 0 Å². The topological polar surface area (TPSA) is 53.5 Å². The Labute approximate surface area is 132 Å². The molecule has 0 atom stereocenters. The molecule has 2 rings (SSSR count). The third kappa shape index (κ3) is 3.94. The number of hydrogen-bond donors (Lipinski definition) is 0. The van der Waals surface area contributed by atoms with Crippen molar-refractivity contribution in [3.05, 3.63) is 23.5 Å². The van der Waals surface area contributed by atoms with Crippen LogP contribution in [0, 0.1) is 0 Å². The molecule has 1 aromatic rings. The zero-order chi connectivity index (χ0) is 15.5. The lowest BCUT2D eigenvalue weighted by atomic mass is 10.1. The maximum atomic E-state index is 12.6. The highest BCUT2D eigenvalue weighted by Gasteiger charge is 2.30. The molecule has 0 spiro atoms. The van der Waals surface area contributed by atoms with E-state index in [-0.39, 0.29) is 10.9 Å². The van der Waals surface area contributed by atoms with Crippen LogP contribution < -0.4 is 0 Å². The largest absolute Gasteiger partial charge is 0.303 e. The first-order chi connectivity index (χ1) is 9.95. The van der Waals surface area contributed by atoms with Gasteiger partial charge in [-0.25, -0.2) is 13.4 Å². The molecule has 21 heavy (non-hydrogen) atoms. The zero-order valence-electron chi connectivity index (χ0n) is 12.5. The lowest BCUT2D eigenvalue weighted by Crippen LogP contribution is -2.45. The van der Waals surface area contributed by atoms with Crippen LogP contribution in [0.3, 0.4) is 0 Å². The molecule has 0 N–H and O–H groups in total. The number of nitrogens with zero attached hydrogens (tertiary/aromatic N) is 3. The summed E-state index contributed by atoms with van der Waals surface area (Å²) in [5.74, 6) is 0. The Hall–Kier alpha value is -0.690. The van der Waals surface area contributed by atoms with Crippen molar-refractivity contribution in [2.24, 2.45) is 0 Å². The quantitative estimate of drug-likeness (QED) is 0.776. The molecular formula is C14H22ClN3O2S. The molecule has 0 radical (unpaired) electrons. The molecule has 7 heteroatoms. The van der Waals surface area contributed by atoms with Crippen molar-refractivity contribution >= 4 is 21.6 Å². The molecule has 0 bridgehead atoms. The van der Waals surface area contributed by atoms with Crippen molar-refractivity contribution in [3.63, 3.8) is 0 Å². The normalized spacial score (nSPS) is 18.3. The molecule has 1 fully saturated rings. The van der Waals surface area contributed by atoms with Crippen molar-refractivity contribution in [2.75, 3.05) is 26.7 Å². The lowest BCUT2D eigenvalue weighted by Gasteiger charge is -2.35. The SMILES string of the molecule is CCCN1CCC(N(C)S(=O)(=O)c2ccc(Cl)nc2)CC1. The molecule has 1 aliphatic rings. The molecular weight excluding hydrogens is 310 g/mol. The van der Waals surface area contributed by atoms with Crippen LogP contribution in [0.2, 0.25) is 5.15 Å². The number of pyridine rings is 1. The van der Waals surface area contributed by atoms with E-state index in [4.69, 9.17) is 11.6 Å². The van der Waals surface area contributed by atoms with Crippen LogP contribution in [0.4, 0.5) is 0 Å². The Balaban J connectivity index is 2.05. The molecule has 5 nitrogen and oxygen atoms in total. The molecule has 0 unspecified atom stereocenters. The van der Waals surface area contributed by atoms with Crippen molar-refractivity contribution in [2.45, 2.75) is 37.1 Å². The van der Waals surface area contributed by atoms with Crippen LogP contribution in [0.15, 0.2) is 23.2 Å². The van der Waals surface area contributed by atoms with Gasteiger partial charge in [0.2, 0.25) is 10.0 Å². The third-order valence-corrected chi connectivity index (χ3v) is 6.11. The fourth-order valence-corrected chi connectivity index (χ4v) is 4.17. The predicted molar refractivity (Wildman–Crippen MR) is 83.9 cm³/mol. The van der Waals surface area contributed by atoms with Gasteiger partial charge in [0, 0.05) is 19.3 Å². The zero-order valence-corrected chi connectivity index (χ0v) is 14.1. The summed E-state index contributed by atoms with van der Waals surface area (Å²) in [7, 11) is -1.83. The van der Waals surface area contributed by atoms with E-state index < -0.39 is 10.0 Å². The summed E-state index contributed by atoms with van der Waals surface area (Å²) in [5, 5.41) is 0.296. The fraction of sp³-hybridized carbons (Fsp3) is 0.643. The average Bonchev–Trinajstić information content (AvgIpc) is 2.48. The Morgan fingerprint density at radius 1 is 1.38 bits per heavy atom. The number of likely N-dealkylation sites (tertiary alicyclic amines) is 1. The van der Waals surface area contributed by atoms with Gasteiger partial charge >= 0.3 is 0 Å². The van der Waals surface area contributed by atoms with Crippen LogP contribution >= 0.6 is 11.6 Å².